The van der Waals surface area contributed by atoms with Crippen LogP contribution < -0.4 is 15.2 Å². The summed E-state index contributed by atoms with van der Waals surface area (Å²) in [5.74, 6) is 1.51. The second-order valence-electron chi connectivity index (χ2n) is 5.73. The molecule has 1 aromatic carbocycles. The van der Waals surface area contributed by atoms with Gasteiger partial charge in [0.15, 0.2) is 11.5 Å². The van der Waals surface area contributed by atoms with Crippen LogP contribution in [0.4, 0.5) is 0 Å². The smallest absolute Gasteiger partial charge is 0.161 e. The van der Waals surface area contributed by atoms with Crippen molar-refractivity contribution in [1.82, 2.24) is 0 Å². The number of methoxy groups -OCH3 is 2. The van der Waals surface area contributed by atoms with Crippen LogP contribution in [0.15, 0.2) is 18.2 Å². The highest BCUT2D eigenvalue weighted by atomic mass is 16.5. The van der Waals surface area contributed by atoms with E-state index in [2.05, 4.69) is 0 Å². The molecule has 1 unspecified atom stereocenters. The lowest BCUT2D eigenvalue weighted by Crippen LogP contribution is -2.25. The Bertz CT molecular complexity index is 416. The Morgan fingerprint density at radius 1 is 1.20 bits per heavy atom. The van der Waals surface area contributed by atoms with E-state index in [9.17, 15) is 0 Å². The van der Waals surface area contributed by atoms with E-state index in [4.69, 9.17) is 19.9 Å². The first-order valence-corrected chi connectivity index (χ1v) is 6.98. The van der Waals surface area contributed by atoms with Gasteiger partial charge in [0.05, 0.1) is 19.3 Å². The summed E-state index contributed by atoms with van der Waals surface area (Å²) in [6.45, 7) is 6.66. The molecule has 0 saturated heterocycles. The van der Waals surface area contributed by atoms with E-state index in [0.29, 0.717) is 6.61 Å². The summed E-state index contributed by atoms with van der Waals surface area (Å²) >= 11 is 0. The second kappa shape index (κ2) is 7.50. The molecule has 0 aromatic heterocycles. The maximum atomic E-state index is 5.81. The fourth-order valence-electron chi connectivity index (χ4n) is 1.84. The Kier molecular flexibility index (Phi) is 6.30. The van der Waals surface area contributed by atoms with Crippen molar-refractivity contribution in [3.63, 3.8) is 0 Å². The Morgan fingerprint density at radius 2 is 1.90 bits per heavy atom. The van der Waals surface area contributed by atoms with Gasteiger partial charge >= 0.3 is 0 Å². The summed E-state index contributed by atoms with van der Waals surface area (Å²) in [6, 6.07) is 6.09. The van der Waals surface area contributed by atoms with Gasteiger partial charge in [-0.3, -0.25) is 0 Å². The molecule has 0 fully saturated rings. The number of ether oxygens (including phenoxy) is 3. The molecule has 4 nitrogen and oxygen atoms in total. The van der Waals surface area contributed by atoms with Gasteiger partial charge < -0.3 is 19.9 Å². The highest BCUT2D eigenvalue weighted by molar-refractivity contribution is 5.43. The Morgan fingerprint density at radius 3 is 2.45 bits per heavy atom. The third-order valence-corrected chi connectivity index (χ3v) is 3.30. The SMILES string of the molecule is COc1cc(CC(C)N)ccc1OCCC(C)(C)OC. The van der Waals surface area contributed by atoms with Crippen LogP contribution in [0.2, 0.25) is 0 Å². The molecular formula is C16H27NO3. The first kappa shape index (κ1) is 16.8. The minimum atomic E-state index is -0.178. The highest BCUT2D eigenvalue weighted by Crippen LogP contribution is 2.29. The zero-order valence-corrected chi connectivity index (χ0v) is 13.2. The third kappa shape index (κ3) is 5.39. The summed E-state index contributed by atoms with van der Waals surface area (Å²) in [4.78, 5) is 0. The largest absolute Gasteiger partial charge is 0.493 e. The van der Waals surface area contributed by atoms with Gasteiger partial charge in [-0.1, -0.05) is 6.07 Å². The fraction of sp³-hybridized carbons (Fsp3) is 0.625. The van der Waals surface area contributed by atoms with E-state index in [1.807, 2.05) is 39.0 Å². The van der Waals surface area contributed by atoms with Crippen molar-refractivity contribution in [2.24, 2.45) is 5.73 Å². The molecule has 4 heteroatoms. The molecule has 0 aliphatic rings. The molecule has 0 bridgehead atoms. The summed E-state index contributed by atoms with van der Waals surface area (Å²) in [6.07, 6.45) is 1.64. The lowest BCUT2D eigenvalue weighted by Gasteiger charge is -2.23. The summed E-state index contributed by atoms with van der Waals surface area (Å²) in [5, 5.41) is 0. The zero-order chi connectivity index (χ0) is 15.2. The zero-order valence-electron chi connectivity index (χ0n) is 13.2. The fourth-order valence-corrected chi connectivity index (χ4v) is 1.84. The van der Waals surface area contributed by atoms with E-state index in [-0.39, 0.29) is 11.6 Å². The summed E-state index contributed by atoms with van der Waals surface area (Å²) in [7, 11) is 3.36. The molecule has 1 aromatic rings. The van der Waals surface area contributed by atoms with Gasteiger partial charge in [0.25, 0.3) is 0 Å². The first-order chi connectivity index (χ1) is 9.38. The van der Waals surface area contributed by atoms with Crippen molar-refractivity contribution in [1.29, 1.82) is 0 Å². The van der Waals surface area contributed by atoms with Crippen molar-refractivity contribution in [2.75, 3.05) is 20.8 Å². The van der Waals surface area contributed by atoms with E-state index in [1.54, 1.807) is 14.2 Å². The van der Waals surface area contributed by atoms with Crippen LogP contribution in [0.3, 0.4) is 0 Å². The normalized spacial score (nSPS) is 13.1. The molecule has 0 aliphatic heterocycles. The summed E-state index contributed by atoms with van der Waals surface area (Å²) < 4.78 is 16.5. The van der Waals surface area contributed by atoms with Gasteiger partial charge in [0.1, 0.15) is 0 Å². The molecule has 114 valence electrons. The van der Waals surface area contributed by atoms with Crippen LogP contribution in [0, 0.1) is 0 Å². The third-order valence-electron chi connectivity index (χ3n) is 3.30. The molecule has 0 spiro atoms. The van der Waals surface area contributed by atoms with Crippen molar-refractivity contribution in [2.45, 2.75) is 45.3 Å². The van der Waals surface area contributed by atoms with E-state index in [0.717, 1.165) is 29.9 Å². The maximum absolute atomic E-state index is 5.81. The lowest BCUT2D eigenvalue weighted by molar-refractivity contribution is 0.00525. The number of hydrogen-bond donors (Lipinski definition) is 1. The van der Waals surface area contributed by atoms with Crippen LogP contribution in [0.1, 0.15) is 32.8 Å². The minimum absolute atomic E-state index is 0.133. The van der Waals surface area contributed by atoms with Crippen molar-refractivity contribution < 1.29 is 14.2 Å². The predicted octanol–water partition coefficient (Wildman–Crippen LogP) is 2.78. The molecule has 1 atom stereocenters. The lowest BCUT2D eigenvalue weighted by atomic mass is 10.1. The van der Waals surface area contributed by atoms with E-state index < -0.39 is 0 Å². The molecule has 1 rings (SSSR count). The first-order valence-electron chi connectivity index (χ1n) is 6.98. The van der Waals surface area contributed by atoms with Crippen LogP contribution in [0.25, 0.3) is 0 Å². The molecular weight excluding hydrogens is 254 g/mol. The topological polar surface area (TPSA) is 53.7 Å². The summed E-state index contributed by atoms with van der Waals surface area (Å²) in [5.41, 5.74) is 6.79. The Hall–Kier alpha value is -1.26. The quantitative estimate of drug-likeness (QED) is 0.796. The predicted molar refractivity (Wildman–Crippen MR) is 81.5 cm³/mol. The van der Waals surface area contributed by atoms with Gasteiger partial charge in [0.2, 0.25) is 0 Å². The monoisotopic (exact) mass is 281 g/mol. The van der Waals surface area contributed by atoms with Gasteiger partial charge in [-0.25, -0.2) is 0 Å². The molecule has 0 saturated carbocycles. The Balaban J connectivity index is 2.66. The molecule has 0 amide bonds. The van der Waals surface area contributed by atoms with Gasteiger partial charge in [-0.2, -0.15) is 0 Å². The van der Waals surface area contributed by atoms with Crippen LogP contribution >= 0.6 is 0 Å². The van der Waals surface area contributed by atoms with Gasteiger partial charge in [-0.05, 0) is 44.9 Å². The maximum Gasteiger partial charge on any atom is 0.161 e. The average Bonchev–Trinajstić information content (AvgIpc) is 2.39. The second-order valence-corrected chi connectivity index (χ2v) is 5.73. The number of hydrogen-bond acceptors (Lipinski definition) is 4. The van der Waals surface area contributed by atoms with Crippen molar-refractivity contribution in [3.8, 4) is 11.5 Å². The van der Waals surface area contributed by atoms with Gasteiger partial charge in [0, 0.05) is 19.6 Å². The average molecular weight is 281 g/mol. The molecule has 20 heavy (non-hydrogen) atoms. The highest BCUT2D eigenvalue weighted by Gasteiger charge is 2.16. The van der Waals surface area contributed by atoms with Crippen LogP contribution in [-0.4, -0.2) is 32.5 Å². The van der Waals surface area contributed by atoms with E-state index in [1.165, 1.54) is 0 Å². The molecule has 0 aliphatic carbocycles. The Labute approximate surface area is 122 Å². The molecule has 0 radical (unpaired) electrons. The minimum Gasteiger partial charge on any atom is -0.493 e. The number of rotatable bonds is 8. The van der Waals surface area contributed by atoms with Crippen LogP contribution in [-0.2, 0) is 11.2 Å². The van der Waals surface area contributed by atoms with E-state index >= 15 is 0 Å². The molecule has 0 heterocycles. The van der Waals surface area contributed by atoms with Crippen LogP contribution in [0.5, 0.6) is 11.5 Å². The number of nitrogens with two attached hydrogens (primary N) is 1. The van der Waals surface area contributed by atoms with Crippen molar-refractivity contribution >= 4 is 0 Å². The van der Waals surface area contributed by atoms with Crippen molar-refractivity contribution in [3.05, 3.63) is 23.8 Å². The number of benzene rings is 1. The molecule has 2 N–H and O–H groups in total. The van der Waals surface area contributed by atoms with Gasteiger partial charge in [-0.15, -0.1) is 0 Å². The standard InChI is InChI=1S/C16H27NO3/c1-12(17)10-13-6-7-14(15(11-13)18-4)20-9-8-16(2,3)19-5/h6-7,11-12H,8-10,17H2,1-5H3.